The van der Waals surface area contributed by atoms with E-state index < -0.39 is 9.84 Å². The third-order valence-electron chi connectivity index (χ3n) is 2.77. The molecule has 2 rings (SSSR count). The predicted molar refractivity (Wildman–Crippen MR) is 68.3 cm³/mol. The van der Waals surface area contributed by atoms with Crippen molar-refractivity contribution in [2.24, 2.45) is 0 Å². The van der Waals surface area contributed by atoms with Gasteiger partial charge in [0.05, 0.1) is 18.1 Å². The van der Waals surface area contributed by atoms with Crippen molar-refractivity contribution < 1.29 is 13.2 Å². The molecule has 0 aliphatic carbocycles. The van der Waals surface area contributed by atoms with E-state index in [9.17, 15) is 8.42 Å². The van der Waals surface area contributed by atoms with Gasteiger partial charge in [-0.3, -0.25) is 0 Å². The van der Waals surface area contributed by atoms with Gasteiger partial charge < -0.3 is 10.1 Å². The smallest absolute Gasteiger partial charge is 0.152 e. The molecule has 1 aliphatic rings. The number of ether oxygens (including phenoxy) is 1. The van der Waals surface area contributed by atoms with Crippen molar-refractivity contribution in [3.63, 3.8) is 0 Å². The quantitative estimate of drug-likeness (QED) is 0.889. The molecule has 0 amide bonds. The van der Waals surface area contributed by atoms with Crippen molar-refractivity contribution in [3.8, 4) is 5.75 Å². The molecule has 5 heteroatoms. The Balaban J connectivity index is 1.95. The number of hydrogen-bond donors (Lipinski definition) is 1. The van der Waals surface area contributed by atoms with Crippen LogP contribution in [0.25, 0.3) is 0 Å². The van der Waals surface area contributed by atoms with E-state index in [1.165, 1.54) is 0 Å². The Bertz CT molecular complexity index is 467. The average Bonchev–Trinajstić information content (AvgIpc) is 2.61. The zero-order valence-electron chi connectivity index (χ0n) is 9.85. The Hall–Kier alpha value is -1.23. The fraction of sp³-hybridized carbons (Fsp3) is 0.500. The normalized spacial score (nSPS) is 22.3. The lowest BCUT2D eigenvalue weighted by Crippen LogP contribution is -2.20. The molecule has 0 bridgehead atoms. The van der Waals surface area contributed by atoms with Crippen LogP contribution in [0.3, 0.4) is 0 Å². The molecule has 1 saturated heterocycles. The van der Waals surface area contributed by atoms with E-state index >= 15 is 0 Å². The van der Waals surface area contributed by atoms with Gasteiger partial charge in [-0.25, -0.2) is 8.42 Å². The zero-order valence-corrected chi connectivity index (χ0v) is 10.7. The van der Waals surface area contributed by atoms with Gasteiger partial charge in [0.1, 0.15) is 5.75 Å². The van der Waals surface area contributed by atoms with E-state index in [4.69, 9.17) is 4.74 Å². The van der Waals surface area contributed by atoms with Crippen LogP contribution in [0.1, 0.15) is 13.3 Å². The molecule has 1 unspecified atom stereocenters. The minimum atomic E-state index is -2.82. The van der Waals surface area contributed by atoms with Gasteiger partial charge in [0.2, 0.25) is 0 Å². The fourth-order valence-corrected chi connectivity index (χ4v) is 3.63. The summed E-state index contributed by atoms with van der Waals surface area (Å²) in [5.41, 5.74) is 0.940. The van der Waals surface area contributed by atoms with Crippen molar-refractivity contribution in [2.75, 3.05) is 23.4 Å². The highest BCUT2D eigenvalue weighted by molar-refractivity contribution is 7.91. The molecule has 1 atom stereocenters. The Morgan fingerprint density at radius 1 is 1.35 bits per heavy atom. The number of benzene rings is 1. The number of hydrogen-bond acceptors (Lipinski definition) is 4. The Morgan fingerprint density at radius 3 is 2.59 bits per heavy atom. The van der Waals surface area contributed by atoms with E-state index in [1.54, 1.807) is 0 Å². The second-order valence-corrected chi connectivity index (χ2v) is 6.43. The summed E-state index contributed by atoms with van der Waals surface area (Å²) in [5, 5.41) is 3.23. The maximum Gasteiger partial charge on any atom is 0.152 e. The molecule has 0 saturated carbocycles. The van der Waals surface area contributed by atoms with Crippen LogP contribution in [0, 0.1) is 0 Å². The minimum absolute atomic E-state index is 0.0398. The van der Waals surface area contributed by atoms with Gasteiger partial charge in [-0.2, -0.15) is 0 Å². The van der Waals surface area contributed by atoms with Crippen LogP contribution >= 0.6 is 0 Å². The lowest BCUT2D eigenvalue weighted by atomic mass is 10.2. The van der Waals surface area contributed by atoms with E-state index in [0.717, 1.165) is 11.4 Å². The van der Waals surface area contributed by atoms with E-state index in [0.29, 0.717) is 18.8 Å². The number of anilines is 1. The van der Waals surface area contributed by atoms with Gasteiger partial charge in [0.15, 0.2) is 9.84 Å². The Labute approximate surface area is 102 Å². The third kappa shape index (κ3) is 3.36. The summed E-state index contributed by atoms with van der Waals surface area (Å²) in [6, 6.07) is 7.63. The number of rotatable bonds is 4. The summed E-state index contributed by atoms with van der Waals surface area (Å²) in [6.45, 7) is 2.59. The summed E-state index contributed by atoms with van der Waals surface area (Å²) in [6.07, 6.45) is 0.690. The first-order chi connectivity index (χ1) is 8.09. The van der Waals surface area contributed by atoms with Crippen LogP contribution in [0.4, 0.5) is 5.69 Å². The molecule has 0 radical (unpaired) electrons. The highest BCUT2D eigenvalue weighted by atomic mass is 32.2. The van der Waals surface area contributed by atoms with Crippen molar-refractivity contribution in [2.45, 2.75) is 19.4 Å². The first-order valence-electron chi connectivity index (χ1n) is 5.79. The molecule has 1 heterocycles. The summed E-state index contributed by atoms with van der Waals surface area (Å²) < 4.78 is 28.0. The molecule has 1 fully saturated rings. The highest BCUT2D eigenvalue weighted by Gasteiger charge is 2.27. The number of sulfone groups is 1. The van der Waals surface area contributed by atoms with Crippen molar-refractivity contribution in [3.05, 3.63) is 24.3 Å². The van der Waals surface area contributed by atoms with Crippen molar-refractivity contribution >= 4 is 15.5 Å². The van der Waals surface area contributed by atoms with Gasteiger partial charge in [-0.1, -0.05) is 0 Å². The molecule has 1 N–H and O–H groups in total. The van der Waals surface area contributed by atoms with Crippen LogP contribution < -0.4 is 10.1 Å². The van der Waals surface area contributed by atoms with Gasteiger partial charge in [-0.05, 0) is 37.6 Å². The SMILES string of the molecule is CCOc1ccc(NC2CCS(=O)(=O)C2)cc1. The lowest BCUT2D eigenvalue weighted by molar-refractivity contribution is 0.340. The van der Waals surface area contributed by atoms with Gasteiger partial charge in [0, 0.05) is 11.7 Å². The molecule has 0 spiro atoms. The van der Waals surface area contributed by atoms with Crippen LogP contribution in [0.2, 0.25) is 0 Å². The molecule has 94 valence electrons. The summed E-state index contributed by atoms with van der Waals surface area (Å²) >= 11 is 0. The molecule has 1 aromatic carbocycles. The fourth-order valence-electron chi connectivity index (χ4n) is 1.96. The van der Waals surface area contributed by atoms with Crippen molar-refractivity contribution in [1.29, 1.82) is 0 Å². The first-order valence-corrected chi connectivity index (χ1v) is 7.61. The molecular weight excluding hydrogens is 238 g/mol. The largest absolute Gasteiger partial charge is 0.494 e. The standard InChI is InChI=1S/C12H17NO3S/c1-2-16-12-5-3-10(4-6-12)13-11-7-8-17(14,15)9-11/h3-6,11,13H,2,7-9H2,1H3. The molecule has 4 nitrogen and oxygen atoms in total. The second-order valence-electron chi connectivity index (χ2n) is 4.20. The van der Waals surface area contributed by atoms with Crippen LogP contribution in [-0.4, -0.2) is 32.6 Å². The van der Waals surface area contributed by atoms with Crippen LogP contribution in [0.15, 0.2) is 24.3 Å². The second kappa shape index (κ2) is 4.96. The van der Waals surface area contributed by atoms with E-state index in [-0.39, 0.29) is 11.8 Å². The van der Waals surface area contributed by atoms with Gasteiger partial charge in [0.25, 0.3) is 0 Å². The zero-order chi connectivity index (χ0) is 12.3. The average molecular weight is 255 g/mol. The molecular formula is C12H17NO3S. The van der Waals surface area contributed by atoms with E-state index in [1.807, 2.05) is 31.2 Å². The monoisotopic (exact) mass is 255 g/mol. The van der Waals surface area contributed by atoms with Gasteiger partial charge in [-0.15, -0.1) is 0 Å². The van der Waals surface area contributed by atoms with Crippen LogP contribution in [0.5, 0.6) is 5.75 Å². The molecule has 1 aliphatic heterocycles. The maximum atomic E-state index is 11.3. The topological polar surface area (TPSA) is 55.4 Å². The lowest BCUT2D eigenvalue weighted by Gasteiger charge is -2.12. The maximum absolute atomic E-state index is 11.3. The van der Waals surface area contributed by atoms with Gasteiger partial charge >= 0.3 is 0 Å². The summed E-state index contributed by atoms with van der Waals surface area (Å²) in [7, 11) is -2.82. The molecule has 17 heavy (non-hydrogen) atoms. The summed E-state index contributed by atoms with van der Waals surface area (Å²) in [5.74, 6) is 1.36. The number of nitrogens with one attached hydrogen (secondary N) is 1. The first kappa shape index (κ1) is 12.2. The Kier molecular flexibility index (Phi) is 3.57. The van der Waals surface area contributed by atoms with Crippen molar-refractivity contribution in [1.82, 2.24) is 0 Å². The Morgan fingerprint density at radius 2 is 2.06 bits per heavy atom. The van der Waals surface area contributed by atoms with E-state index in [2.05, 4.69) is 5.32 Å². The summed E-state index contributed by atoms with van der Waals surface area (Å²) in [4.78, 5) is 0. The third-order valence-corrected chi connectivity index (χ3v) is 4.54. The van der Waals surface area contributed by atoms with Crippen LogP contribution in [-0.2, 0) is 9.84 Å². The minimum Gasteiger partial charge on any atom is -0.494 e. The highest BCUT2D eigenvalue weighted by Crippen LogP contribution is 2.20. The molecule has 0 aromatic heterocycles. The predicted octanol–water partition coefficient (Wildman–Crippen LogP) is 1.68. The molecule has 1 aromatic rings.